The van der Waals surface area contributed by atoms with E-state index in [9.17, 15) is 21.6 Å². The van der Waals surface area contributed by atoms with E-state index in [1.807, 2.05) is 4.90 Å². The zero-order valence-corrected chi connectivity index (χ0v) is 17.8. The van der Waals surface area contributed by atoms with Crippen LogP contribution < -0.4 is 10.2 Å². The van der Waals surface area contributed by atoms with E-state index in [0.717, 1.165) is 11.9 Å². The maximum absolute atomic E-state index is 12.9. The molecule has 3 rings (SSSR count). The van der Waals surface area contributed by atoms with Gasteiger partial charge < -0.3 is 10.2 Å². The van der Waals surface area contributed by atoms with E-state index in [-0.39, 0.29) is 15.7 Å². The van der Waals surface area contributed by atoms with Gasteiger partial charge in [0.15, 0.2) is 9.84 Å². The van der Waals surface area contributed by atoms with Gasteiger partial charge in [-0.1, -0.05) is 0 Å². The summed E-state index contributed by atoms with van der Waals surface area (Å²) in [5, 5.41) is 2.61. The Morgan fingerprint density at radius 1 is 0.828 bits per heavy atom. The van der Waals surface area contributed by atoms with Crippen LogP contribution in [0.2, 0.25) is 0 Å². The molecule has 2 aromatic rings. The summed E-state index contributed by atoms with van der Waals surface area (Å²) in [5.41, 5.74) is 1.40. The maximum Gasteiger partial charge on any atom is 0.243 e. The number of rotatable bonds is 5. The van der Waals surface area contributed by atoms with E-state index >= 15 is 0 Å². The molecule has 0 bridgehead atoms. The summed E-state index contributed by atoms with van der Waals surface area (Å²) < 4.78 is 50.3. The van der Waals surface area contributed by atoms with Crippen LogP contribution in [-0.4, -0.2) is 59.5 Å². The molecular formula is C19H23N3O5S2. The Bertz CT molecular complexity index is 1090. The molecule has 1 aliphatic rings. The lowest BCUT2D eigenvalue weighted by Gasteiger charge is -2.35. The van der Waals surface area contributed by atoms with E-state index in [1.165, 1.54) is 23.4 Å². The van der Waals surface area contributed by atoms with Gasteiger partial charge in [-0.15, -0.1) is 0 Å². The third-order valence-corrected chi connectivity index (χ3v) is 7.72. The van der Waals surface area contributed by atoms with Crippen molar-refractivity contribution in [1.29, 1.82) is 0 Å². The average molecular weight is 438 g/mol. The number of sulfonamides is 1. The number of amides is 1. The molecule has 1 fully saturated rings. The predicted octanol–water partition coefficient (Wildman–Crippen LogP) is 1.56. The minimum Gasteiger partial charge on any atom is -0.369 e. The average Bonchev–Trinajstić information content (AvgIpc) is 2.67. The number of piperazine rings is 1. The molecule has 0 atom stereocenters. The second kappa shape index (κ2) is 8.13. The first kappa shape index (κ1) is 21.3. The Kier molecular flexibility index (Phi) is 5.97. The molecule has 0 aromatic heterocycles. The highest BCUT2D eigenvalue weighted by Crippen LogP contribution is 2.23. The molecule has 10 heteroatoms. The minimum atomic E-state index is -3.62. The first-order valence-corrected chi connectivity index (χ1v) is 12.3. The summed E-state index contributed by atoms with van der Waals surface area (Å²) in [7, 11) is -6.87. The molecule has 1 aliphatic heterocycles. The lowest BCUT2D eigenvalue weighted by Crippen LogP contribution is -2.48. The summed E-state index contributed by atoms with van der Waals surface area (Å²) in [6.45, 7) is 3.04. The molecule has 1 heterocycles. The van der Waals surface area contributed by atoms with Crippen molar-refractivity contribution < 1.29 is 21.6 Å². The van der Waals surface area contributed by atoms with Crippen LogP contribution in [0, 0.1) is 0 Å². The number of anilines is 2. The number of carbonyl (C=O) groups is 1. The Hall–Kier alpha value is -2.43. The Morgan fingerprint density at radius 3 is 1.83 bits per heavy atom. The second-order valence-corrected chi connectivity index (χ2v) is 10.8. The zero-order chi connectivity index (χ0) is 21.2. The van der Waals surface area contributed by atoms with E-state index < -0.39 is 19.9 Å². The Labute approximate surface area is 171 Å². The van der Waals surface area contributed by atoms with Gasteiger partial charge in [0.2, 0.25) is 15.9 Å². The van der Waals surface area contributed by atoms with Crippen LogP contribution in [0.4, 0.5) is 11.4 Å². The molecule has 8 nitrogen and oxygen atoms in total. The van der Waals surface area contributed by atoms with Crippen molar-refractivity contribution in [2.45, 2.75) is 16.7 Å². The molecule has 0 radical (unpaired) electrons. The minimum absolute atomic E-state index is 0.178. The fourth-order valence-electron chi connectivity index (χ4n) is 3.15. The van der Waals surface area contributed by atoms with Crippen LogP contribution in [0.1, 0.15) is 6.92 Å². The molecule has 1 saturated heterocycles. The van der Waals surface area contributed by atoms with Crippen molar-refractivity contribution >= 4 is 37.1 Å². The van der Waals surface area contributed by atoms with Gasteiger partial charge in [0.25, 0.3) is 0 Å². The van der Waals surface area contributed by atoms with Crippen molar-refractivity contribution in [2.24, 2.45) is 0 Å². The molecule has 29 heavy (non-hydrogen) atoms. The van der Waals surface area contributed by atoms with Gasteiger partial charge in [0, 0.05) is 50.7 Å². The van der Waals surface area contributed by atoms with Crippen LogP contribution in [0.5, 0.6) is 0 Å². The number of carbonyl (C=O) groups excluding carboxylic acids is 1. The van der Waals surface area contributed by atoms with Gasteiger partial charge >= 0.3 is 0 Å². The topological polar surface area (TPSA) is 104 Å². The van der Waals surface area contributed by atoms with Crippen LogP contribution >= 0.6 is 0 Å². The van der Waals surface area contributed by atoms with Crippen LogP contribution in [-0.2, 0) is 24.7 Å². The van der Waals surface area contributed by atoms with Gasteiger partial charge in [0.05, 0.1) is 9.79 Å². The standard InChI is InChI=1S/C19H23N3O5S2/c1-15(23)20-16-3-7-19(8-4-16)29(26,27)22-13-11-21(12-14-22)17-5-9-18(10-6-17)28(2,24)25/h3-10H,11-14H2,1-2H3,(H,20,23). The quantitative estimate of drug-likeness (QED) is 0.761. The van der Waals surface area contributed by atoms with E-state index in [1.54, 1.807) is 36.4 Å². The number of hydrogen-bond donors (Lipinski definition) is 1. The molecule has 0 spiro atoms. The van der Waals surface area contributed by atoms with E-state index in [4.69, 9.17) is 0 Å². The van der Waals surface area contributed by atoms with Crippen molar-refractivity contribution in [3.05, 3.63) is 48.5 Å². The van der Waals surface area contributed by atoms with Gasteiger partial charge in [-0.2, -0.15) is 4.31 Å². The van der Waals surface area contributed by atoms with Crippen molar-refractivity contribution in [3.8, 4) is 0 Å². The summed E-state index contributed by atoms with van der Waals surface area (Å²) >= 11 is 0. The number of benzene rings is 2. The first-order chi connectivity index (χ1) is 13.6. The number of hydrogen-bond acceptors (Lipinski definition) is 6. The van der Waals surface area contributed by atoms with E-state index in [2.05, 4.69) is 5.32 Å². The summed E-state index contributed by atoms with van der Waals surface area (Å²) in [6, 6.07) is 12.7. The SMILES string of the molecule is CC(=O)Nc1ccc(S(=O)(=O)N2CCN(c3ccc(S(C)(=O)=O)cc3)CC2)cc1. The predicted molar refractivity (Wildman–Crippen MR) is 111 cm³/mol. The molecule has 0 aliphatic carbocycles. The van der Waals surface area contributed by atoms with Crippen molar-refractivity contribution in [3.63, 3.8) is 0 Å². The number of sulfone groups is 1. The Balaban J connectivity index is 1.67. The number of nitrogens with one attached hydrogen (secondary N) is 1. The van der Waals surface area contributed by atoms with Crippen molar-refractivity contribution in [2.75, 3.05) is 42.7 Å². The van der Waals surface area contributed by atoms with Gasteiger partial charge in [-0.25, -0.2) is 16.8 Å². The highest BCUT2D eigenvalue weighted by Gasteiger charge is 2.28. The first-order valence-electron chi connectivity index (χ1n) is 9.00. The molecule has 0 unspecified atom stereocenters. The Morgan fingerprint density at radius 2 is 1.34 bits per heavy atom. The number of nitrogens with zero attached hydrogens (tertiary/aromatic N) is 2. The lowest BCUT2D eigenvalue weighted by atomic mass is 10.2. The molecule has 0 saturated carbocycles. The van der Waals surface area contributed by atoms with Gasteiger partial charge in [0.1, 0.15) is 0 Å². The molecule has 2 aromatic carbocycles. The fourth-order valence-corrected chi connectivity index (χ4v) is 5.21. The lowest BCUT2D eigenvalue weighted by molar-refractivity contribution is -0.114. The zero-order valence-electron chi connectivity index (χ0n) is 16.2. The highest BCUT2D eigenvalue weighted by molar-refractivity contribution is 7.90. The smallest absolute Gasteiger partial charge is 0.243 e. The molecule has 1 N–H and O–H groups in total. The maximum atomic E-state index is 12.9. The van der Waals surface area contributed by atoms with Crippen LogP contribution in [0.3, 0.4) is 0 Å². The van der Waals surface area contributed by atoms with Gasteiger partial charge in [-0.3, -0.25) is 4.79 Å². The van der Waals surface area contributed by atoms with Crippen molar-refractivity contribution in [1.82, 2.24) is 4.31 Å². The summed E-state index contributed by atoms with van der Waals surface area (Å²) in [4.78, 5) is 13.5. The summed E-state index contributed by atoms with van der Waals surface area (Å²) in [5.74, 6) is -0.221. The third-order valence-electron chi connectivity index (χ3n) is 4.68. The van der Waals surface area contributed by atoms with Gasteiger partial charge in [-0.05, 0) is 48.5 Å². The second-order valence-electron chi connectivity index (χ2n) is 6.86. The summed E-state index contributed by atoms with van der Waals surface area (Å²) in [6.07, 6.45) is 1.16. The third kappa shape index (κ3) is 4.95. The fraction of sp³-hybridized carbons (Fsp3) is 0.316. The molecular weight excluding hydrogens is 414 g/mol. The largest absolute Gasteiger partial charge is 0.369 e. The highest BCUT2D eigenvalue weighted by atomic mass is 32.2. The van der Waals surface area contributed by atoms with Crippen LogP contribution in [0.25, 0.3) is 0 Å². The molecule has 1 amide bonds. The van der Waals surface area contributed by atoms with Crippen LogP contribution in [0.15, 0.2) is 58.3 Å². The monoisotopic (exact) mass is 437 g/mol. The van der Waals surface area contributed by atoms with E-state index in [0.29, 0.717) is 31.9 Å². The molecule has 156 valence electrons. The normalized spacial score (nSPS) is 15.9.